The van der Waals surface area contributed by atoms with Crippen molar-refractivity contribution in [1.29, 1.82) is 0 Å². The van der Waals surface area contributed by atoms with Crippen LogP contribution in [0.3, 0.4) is 0 Å². The third-order valence-corrected chi connectivity index (χ3v) is 13.5. The largest absolute Gasteiger partial charge is 0.294 e. The van der Waals surface area contributed by atoms with E-state index in [2.05, 4.69) is 211 Å². The van der Waals surface area contributed by atoms with E-state index in [1.54, 1.807) is 0 Å². The van der Waals surface area contributed by atoms with Crippen molar-refractivity contribution in [3.05, 3.63) is 212 Å². The second-order valence-electron chi connectivity index (χ2n) is 16.8. The smallest absolute Gasteiger partial charge is 0.162 e. The van der Waals surface area contributed by atoms with Gasteiger partial charge in [-0.25, -0.2) is 9.97 Å². The Morgan fingerprint density at radius 1 is 0.286 bits per heavy atom. The third kappa shape index (κ3) is 4.96. The lowest BCUT2D eigenvalue weighted by molar-refractivity contribution is 1.05. The van der Waals surface area contributed by atoms with Crippen LogP contribution in [0.4, 0.5) is 0 Å². The maximum Gasteiger partial charge on any atom is 0.162 e. The predicted molar refractivity (Wildman–Crippen MR) is 266 cm³/mol. The molecular formula is C60H35N3. The molecule has 3 nitrogen and oxygen atoms in total. The van der Waals surface area contributed by atoms with Gasteiger partial charge in [-0.3, -0.25) is 4.57 Å². The van der Waals surface area contributed by atoms with Crippen LogP contribution in [0.2, 0.25) is 0 Å². The molecule has 0 N–H and O–H groups in total. The van der Waals surface area contributed by atoms with Crippen LogP contribution in [0.1, 0.15) is 0 Å². The van der Waals surface area contributed by atoms with Gasteiger partial charge in [0.1, 0.15) is 5.82 Å². The van der Waals surface area contributed by atoms with Gasteiger partial charge in [-0.15, -0.1) is 0 Å². The van der Waals surface area contributed by atoms with Crippen LogP contribution in [0.25, 0.3) is 137 Å². The number of hydrogen-bond acceptors (Lipinski definition) is 2. The molecule has 2 aromatic heterocycles. The summed E-state index contributed by atoms with van der Waals surface area (Å²) in [6.45, 7) is 0. The summed E-state index contributed by atoms with van der Waals surface area (Å²) in [6, 6.07) is 77.6. The summed E-state index contributed by atoms with van der Waals surface area (Å²) in [4.78, 5) is 10.7. The van der Waals surface area contributed by atoms with E-state index in [9.17, 15) is 0 Å². The highest BCUT2D eigenvalue weighted by Crippen LogP contribution is 2.46. The summed E-state index contributed by atoms with van der Waals surface area (Å²) in [5.74, 6) is 1.53. The molecule has 14 rings (SSSR count). The standard InChI is InChI=1S/C60H35N3/c1-2-13-39(14-3-1)60-61-52(35-55(62-60)63-53-25-8-6-20-46(53)47-21-7-9-26-54(47)63)45-32-31-42(43-18-4-5-19-44(43)45)41-33-40-30-29-38-16-11-23-49-48-22-10-15-36-27-28-37-17-12-24-50(58(37)56(36)48)51(34-41)59(40)57(38)49/h1-35H. The van der Waals surface area contributed by atoms with Crippen LogP contribution in [-0.2, 0) is 0 Å². The van der Waals surface area contributed by atoms with Crippen molar-refractivity contribution in [1.82, 2.24) is 14.5 Å². The van der Waals surface area contributed by atoms with E-state index in [0.717, 1.165) is 39.1 Å². The van der Waals surface area contributed by atoms with Gasteiger partial charge in [-0.05, 0) is 111 Å². The Morgan fingerprint density at radius 2 is 0.762 bits per heavy atom. The Morgan fingerprint density at radius 3 is 1.38 bits per heavy atom. The number of nitrogens with zero attached hydrogens (tertiary/aromatic N) is 3. The minimum atomic E-state index is 0.691. The first-order valence-electron chi connectivity index (χ1n) is 21.7. The van der Waals surface area contributed by atoms with E-state index in [0.29, 0.717) is 5.82 Å². The van der Waals surface area contributed by atoms with Gasteiger partial charge in [-0.1, -0.05) is 182 Å². The fraction of sp³-hybridized carbons (Fsp3) is 0. The van der Waals surface area contributed by atoms with Crippen LogP contribution in [-0.4, -0.2) is 14.5 Å². The van der Waals surface area contributed by atoms with E-state index >= 15 is 0 Å². The van der Waals surface area contributed by atoms with Crippen molar-refractivity contribution in [3.63, 3.8) is 0 Å². The molecular weight excluding hydrogens is 763 g/mol. The molecule has 2 heterocycles. The number of benzene rings is 11. The molecule has 290 valence electrons. The van der Waals surface area contributed by atoms with Crippen LogP contribution in [0.5, 0.6) is 0 Å². The van der Waals surface area contributed by atoms with Crippen molar-refractivity contribution in [2.24, 2.45) is 0 Å². The maximum absolute atomic E-state index is 5.35. The van der Waals surface area contributed by atoms with Crippen molar-refractivity contribution in [3.8, 4) is 39.6 Å². The van der Waals surface area contributed by atoms with Crippen molar-refractivity contribution < 1.29 is 0 Å². The molecule has 14 aromatic rings. The van der Waals surface area contributed by atoms with Gasteiger partial charge in [0.05, 0.1) is 16.7 Å². The summed E-state index contributed by atoms with van der Waals surface area (Å²) < 4.78 is 2.29. The van der Waals surface area contributed by atoms with Gasteiger partial charge in [0.2, 0.25) is 0 Å². The summed E-state index contributed by atoms with van der Waals surface area (Å²) in [6.07, 6.45) is 0. The molecule has 0 spiro atoms. The minimum absolute atomic E-state index is 0.691. The Bertz CT molecular complexity index is 4140. The molecule has 0 saturated carbocycles. The van der Waals surface area contributed by atoms with Crippen LogP contribution in [0, 0.1) is 0 Å². The highest BCUT2D eigenvalue weighted by atomic mass is 15.1. The van der Waals surface area contributed by atoms with Crippen LogP contribution >= 0.6 is 0 Å². The highest BCUT2D eigenvalue weighted by molar-refractivity contribution is 6.37. The zero-order valence-corrected chi connectivity index (χ0v) is 34.0. The Labute approximate surface area is 362 Å². The lowest BCUT2D eigenvalue weighted by Crippen LogP contribution is -2.02. The molecule has 12 aromatic carbocycles. The van der Waals surface area contributed by atoms with Crippen molar-refractivity contribution in [2.75, 3.05) is 0 Å². The Kier molecular flexibility index (Phi) is 7.11. The quantitative estimate of drug-likeness (QED) is 0.166. The van der Waals surface area contributed by atoms with E-state index in [1.807, 2.05) is 6.07 Å². The van der Waals surface area contributed by atoms with E-state index < -0.39 is 0 Å². The monoisotopic (exact) mass is 797 g/mol. The Balaban J connectivity index is 1.05. The lowest BCUT2D eigenvalue weighted by Gasteiger charge is -2.18. The molecule has 0 unspecified atom stereocenters. The zero-order valence-electron chi connectivity index (χ0n) is 34.0. The second kappa shape index (κ2) is 13.1. The molecule has 0 aliphatic carbocycles. The normalized spacial score (nSPS) is 12.1. The van der Waals surface area contributed by atoms with Crippen LogP contribution in [0.15, 0.2) is 212 Å². The molecule has 0 bridgehead atoms. The minimum Gasteiger partial charge on any atom is -0.294 e. The van der Waals surface area contributed by atoms with E-state index in [-0.39, 0.29) is 0 Å². The molecule has 0 fully saturated rings. The maximum atomic E-state index is 5.35. The summed E-state index contributed by atoms with van der Waals surface area (Å²) in [7, 11) is 0. The van der Waals surface area contributed by atoms with Gasteiger partial charge < -0.3 is 0 Å². The summed E-state index contributed by atoms with van der Waals surface area (Å²) in [5.41, 5.74) is 7.53. The molecule has 63 heavy (non-hydrogen) atoms. The second-order valence-corrected chi connectivity index (χ2v) is 16.8. The van der Waals surface area contributed by atoms with Gasteiger partial charge in [0, 0.05) is 28.0 Å². The molecule has 0 saturated heterocycles. The van der Waals surface area contributed by atoms with Gasteiger partial charge in [0.25, 0.3) is 0 Å². The molecule has 0 amide bonds. The molecule has 0 radical (unpaired) electrons. The SMILES string of the molecule is c1ccc(-c2nc(-c3ccc(-c4cc5ccc6cccc7c8cccc9ccc%10cccc(c(c4)c5c67)c%10c98)c4ccccc34)cc(-n3c4ccccc4c4ccccc43)n2)cc1. The average molecular weight is 798 g/mol. The summed E-state index contributed by atoms with van der Waals surface area (Å²) >= 11 is 0. The molecule has 0 aliphatic rings. The Hall–Kier alpha value is -8.40. The first-order valence-corrected chi connectivity index (χ1v) is 21.7. The fourth-order valence-electron chi connectivity index (χ4n) is 10.8. The number of aromatic nitrogens is 3. The molecule has 0 atom stereocenters. The number of para-hydroxylation sites is 2. The number of hydrogen-bond donors (Lipinski definition) is 0. The number of rotatable bonds is 4. The van der Waals surface area contributed by atoms with E-state index in [1.165, 1.54) is 91.9 Å². The zero-order chi connectivity index (χ0) is 41.2. The topological polar surface area (TPSA) is 30.7 Å². The predicted octanol–water partition coefficient (Wildman–Crippen LogP) is 16.1. The number of fused-ring (bicyclic) bond motifs is 6. The fourth-order valence-corrected chi connectivity index (χ4v) is 10.8. The third-order valence-electron chi connectivity index (χ3n) is 13.5. The average Bonchev–Trinajstić information content (AvgIpc) is 3.69. The van der Waals surface area contributed by atoms with Gasteiger partial charge in [-0.2, -0.15) is 0 Å². The van der Waals surface area contributed by atoms with Crippen LogP contribution < -0.4 is 0 Å². The van der Waals surface area contributed by atoms with Gasteiger partial charge >= 0.3 is 0 Å². The van der Waals surface area contributed by atoms with Crippen molar-refractivity contribution >= 4 is 97.2 Å². The molecule has 0 aliphatic heterocycles. The first-order chi connectivity index (χ1) is 31.2. The first kappa shape index (κ1) is 34.3. The highest BCUT2D eigenvalue weighted by Gasteiger charge is 2.20. The summed E-state index contributed by atoms with van der Waals surface area (Å²) in [5, 5.41) is 20.1. The van der Waals surface area contributed by atoms with Gasteiger partial charge in [0.15, 0.2) is 5.82 Å². The van der Waals surface area contributed by atoms with E-state index in [4.69, 9.17) is 9.97 Å². The van der Waals surface area contributed by atoms with Crippen molar-refractivity contribution in [2.45, 2.75) is 0 Å². The molecule has 3 heteroatoms. The lowest BCUT2D eigenvalue weighted by atomic mass is 9.86.